The summed E-state index contributed by atoms with van der Waals surface area (Å²) >= 11 is 0. The highest BCUT2D eigenvalue weighted by molar-refractivity contribution is 5.19. The van der Waals surface area contributed by atoms with Crippen LogP contribution in [-0.4, -0.2) is 29.7 Å². The quantitative estimate of drug-likeness (QED) is 0.823. The van der Waals surface area contributed by atoms with Gasteiger partial charge in [-0.25, -0.2) is 0 Å². The number of nitrogens with zero attached hydrogens (tertiary/aromatic N) is 2. The largest absolute Gasteiger partial charge is 0.375 e. The molecule has 1 heterocycles. The highest BCUT2D eigenvalue weighted by Gasteiger charge is 2.38. The zero-order chi connectivity index (χ0) is 15.3. The molecule has 0 amide bonds. The van der Waals surface area contributed by atoms with Crippen LogP contribution in [0, 0.1) is 11.3 Å². The first kappa shape index (κ1) is 16.0. The number of piperidine rings is 1. The van der Waals surface area contributed by atoms with Crippen LogP contribution >= 0.6 is 0 Å². The van der Waals surface area contributed by atoms with E-state index in [2.05, 4.69) is 49.1 Å². The molecule has 1 aliphatic rings. The molecule has 0 saturated carbocycles. The molecule has 3 atom stereocenters. The predicted octanol–water partition coefficient (Wildman–Crippen LogP) is 3.92. The van der Waals surface area contributed by atoms with Crippen LogP contribution in [-0.2, 0) is 4.74 Å². The summed E-state index contributed by atoms with van der Waals surface area (Å²) in [5.41, 5.74) is 1.24. The van der Waals surface area contributed by atoms with E-state index in [1.165, 1.54) is 5.56 Å². The van der Waals surface area contributed by atoms with Crippen molar-refractivity contribution >= 4 is 0 Å². The van der Waals surface area contributed by atoms with E-state index >= 15 is 0 Å². The molecule has 0 N–H and O–H groups in total. The van der Waals surface area contributed by atoms with Gasteiger partial charge in [0, 0.05) is 25.2 Å². The van der Waals surface area contributed by atoms with Gasteiger partial charge in [0.15, 0.2) is 0 Å². The Morgan fingerprint density at radius 2 is 2.14 bits per heavy atom. The molecule has 0 spiro atoms. The van der Waals surface area contributed by atoms with E-state index in [9.17, 15) is 5.26 Å². The third kappa shape index (κ3) is 3.84. The predicted molar refractivity (Wildman–Crippen MR) is 84.8 cm³/mol. The second-order valence-electron chi connectivity index (χ2n) is 6.18. The second-order valence-corrected chi connectivity index (χ2v) is 6.18. The molecule has 0 radical (unpaired) electrons. The van der Waals surface area contributed by atoms with Crippen LogP contribution in [0.2, 0.25) is 0 Å². The van der Waals surface area contributed by atoms with Gasteiger partial charge in [0.05, 0.1) is 18.1 Å². The molecule has 0 bridgehead atoms. The van der Waals surface area contributed by atoms with Gasteiger partial charge in [0.2, 0.25) is 0 Å². The molecule has 1 aliphatic heterocycles. The molecule has 3 heteroatoms. The molecule has 114 valence electrons. The van der Waals surface area contributed by atoms with Crippen molar-refractivity contribution in [1.29, 1.82) is 5.26 Å². The summed E-state index contributed by atoms with van der Waals surface area (Å²) in [5, 5.41) is 9.17. The molecule has 0 aromatic heterocycles. The monoisotopic (exact) mass is 286 g/mol. The summed E-state index contributed by atoms with van der Waals surface area (Å²) in [6, 6.07) is 13.5. The Bertz CT molecular complexity index is 482. The third-order valence-electron chi connectivity index (χ3n) is 4.63. The molecule has 1 saturated heterocycles. The topological polar surface area (TPSA) is 36.3 Å². The lowest BCUT2D eigenvalue weighted by Crippen LogP contribution is -2.51. The molecule has 0 aliphatic carbocycles. The van der Waals surface area contributed by atoms with Crippen molar-refractivity contribution in [2.24, 2.45) is 0 Å². The maximum atomic E-state index is 9.17. The number of rotatable bonds is 5. The zero-order valence-corrected chi connectivity index (χ0v) is 13.4. The smallest absolute Gasteiger partial charge is 0.0681 e. The molecule has 3 nitrogen and oxygen atoms in total. The number of ether oxygens (including phenoxy) is 1. The van der Waals surface area contributed by atoms with Crippen molar-refractivity contribution in [3.8, 4) is 6.07 Å². The second kappa shape index (κ2) is 7.06. The fourth-order valence-electron chi connectivity index (χ4n) is 3.47. The highest BCUT2D eigenvalue weighted by atomic mass is 16.5. The van der Waals surface area contributed by atoms with Crippen LogP contribution in [0.25, 0.3) is 0 Å². The van der Waals surface area contributed by atoms with Crippen molar-refractivity contribution in [1.82, 2.24) is 4.90 Å². The molecule has 2 rings (SSSR count). The Kier molecular flexibility index (Phi) is 5.39. The fourth-order valence-corrected chi connectivity index (χ4v) is 3.47. The van der Waals surface area contributed by atoms with Crippen molar-refractivity contribution in [3.05, 3.63) is 35.9 Å². The lowest BCUT2D eigenvalue weighted by molar-refractivity contribution is -0.0903. The zero-order valence-electron chi connectivity index (χ0n) is 13.4. The van der Waals surface area contributed by atoms with E-state index < -0.39 is 0 Å². The van der Waals surface area contributed by atoms with Crippen LogP contribution in [0.5, 0.6) is 0 Å². The van der Waals surface area contributed by atoms with Crippen molar-refractivity contribution in [2.45, 2.75) is 57.7 Å². The first-order valence-corrected chi connectivity index (χ1v) is 7.91. The normalized spacial score (nSPS) is 28.0. The molecular weight excluding hydrogens is 260 g/mol. The Morgan fingerprint density at radius 1 is 1.43 bits per heavy atom. The van der Waals surface area contributed by atoms with Crippen molar-refractivity contribution < 1.29 is 4.74 Å². The van der Waals surface area contributed by atoms with Crippen molar-refractivity contribution in [3.63, 3.8) is 0 Å². The van der Waals surface area contributed by atoms with E-state index in [1.807, 2.05) is 13.0 Å². The van der Waals surface area contributed by atoms with E-state index in [-0.39, 0.29) is 11.6 Å². The Labute approximate surface area is 128 Å². The van der Waals surface area contributed by atoms with Gasteiger partial charge in [-0.3, -0.25) is 4.90 Å². The summed E-state index contributed by atoms with van der Waals surface area (Å²) in [7, 11) is 0. The Balaban J connectivity index is 2.14. The maximum absolute atomic E-state index is 9.17. The van der Waals surface area contributed by atoms with Gasteiger partial charge in [-0.05, 0) is 39.2 Å². The fraction of sp³-hybridized carbons (Fsp3) is 0.611. The lowest BCUT2D eigenvalue weighted by atomic mass is 9.85. The summed E-state index contributed by atoms with van der Waals surface area (Å²) in [5.74, 6) is 0. The molecular formula is C18H26N2O. The minimum Gasteiger partial charge on any atom is -0.375 e. The highest BCUT2D eigenvalue weighted by Crippen LogP contribution is 2.36. The standard InChI is InChI=1S/C18H26N2O/c1-4-21-18(3)11-13-20(17(14-18)10-12-19)15(2)16-8-6-5-7-9-16/h5-9,15,17H,4,10-11,13-14H2,1-3H3/t15-,17-,18?/m1/s1. The van der Waals surface area contributed by atoms with Crippen LogP contribution in [0.3, 0.4) is 0 Å². The summed E-state index contributed by atoms with van der Waals surface area (Å²) in [6.07, 6.45) is 2.53. The molecule has 1 aromatic carbocycles. The minimum atomic E-state index is -0.0802. The number of nitriles is 1. The average molecular weight is 286 g/mol. The van der Waals surface area contributed by atoms with Crippen LogP contribution < -0.4 is 0 Å². The summed E-state index contributed by atoms with van der Waals surface area (Å²) < 4.78 is 5.94. The lowest BCUT2D eigenvalue weighted by Gasteiger charge is -2.46. The number of benzene rings is 1. The van der Waals surface area contributed by atoms with E-state index in [0.717, 1.165) is 26.0 Å². The van der Waals surface area contributed by atoms with Gasteiger partial charge < -0.3 is 4.74 Å². The Morgan fingerprint density at radius 3 is 2.76 bits per heavy atom. The van der Waals surface area contributed by atoms with Crippen LogP contribution in [0.15, 0.2) is 30.3 Å². The van der Waals surface area contributed by atoms with Gasteiger partial charge in [0.1, 0.15) is 0 Å². The van der Waals surface area contributed by atoms with Gasteiger partial charge in [-0.15, -0.1) is 0 Å². The Hall–Kier alpha value is -1.37. The van der Waals surface area contributed by atoms with Gasteiger partial charge >= 0.3 is 0 Å². The maximum Gasteiger partial charge on any atom is 0.0681 e. The van der Waals surface area contributed by atoms with E-state index in [0.29, 0.717) is 12.5 Å². The van der Waals surface area contributed by atoms with Gasteiger partial charge in [-0.2, -0.15) is 5.26 Å². The van der Waals surface area contributed by atoms with E-state index in [4.69, 9.17) is 4.74 Å². The first-order chi connectivity index (χ1) is 10.1. The summed E-state index contributed by atoms with van der Waals surface area (Å²) in [6.45, 7) is 8.20. The first-order valence-electron chi connectivity index (χ1n) is 7.91. The number of hydrogen-bond acceptors (Lipinski definition) is 3. The molecule has 21 heavy (non-hydrogen) atoms. The summed E-state index contributed by atoms with van der Waals surface area (Å²) in [4.78, 5) is 2.47. The molecule has 1 aromatic rings. The molecule has 1 fully saturated rings. The minimum absolute atomic E-state index is 0.0802. The van der Waals surface area contributed by atoms with Crippen LogP contribution in [0.1, 0.15) is 51.6 Å². The third-order valence-corrected chi connectivity index (χ3v) is 4.63. The number of hydrogen-bond donors (Lipinski definition) is 0. The molecule has 1 unspecified atom stereocenters. The van der Waals surface area contributed by atoms with Crippen molar-refractivity contribution in [2.75, 3.05) is 13.2 Å². The van der Waals surface area contributed by atoms with E-state index in [1.54, 1.807) is 0 Å². The SMILES string of the molecule is CCOC1(C)CCN([C@H](C)c2ccccc2)[C@H](CC#N)C1. The van der Waals surface area contributed by atoms with Crippen LogP contribution in [0.4, 0.5) is 0 Å². The number of likely N-dealkylation sites (tertiary alicyclic amines) is 1. The van der Waals surface area contributed by atoms with Gasteiger partial charge in [0.25, 0.3) is 0 Å². The van der Waals surface area contributed by atoms with Gasteiger partial charge in [-0.1, -0.05) is 30.3 Å². The average Bonchev–Trinajstić information content (AvgIpc) is 2.48.